The number of anilines is 1. The average molecular weight is 1150 g/mol. The Hall–Kier alpha value is -6.17. The molecule has 3 aromatic heterocycles. The lowest BCUT2D eigenvalue weighted by molar-refractivity contribution is -0.155. The van der Waals surface area contributed by atoms with Crippen LogP contribution in [0, 0.1) is 16.7 Å². The van der Waals surface area contributed by atoms with Crippen molar-refractivity contribution in [2.75, 3.05) is 98.3 Å². The second-order valence-electron chi connectivity index (χ2n) is 23.8. The first-order valence-corrected chi connectivity index (χ1v) is 29.1. The molecule has 2 N–H and O–H groups in total. The molecule has 81 heavy (non-hydrogen) atoms. The highest BCUT2D eigenvalue weighted by molar-refractivity contribution is 7.10. The molecule has 0 saturated carbocycles. The number of pyridine rings is 1. The maximum absolute atomic E-state index is 15.1. The van der Waals surface area contributed by atoms with Crippen LogP contribution in [0.4, 0.5) is 28.0 Å². The van der Waals surface area contributed by atoms with E-state index in [0.29, 0.717) is 115 Å². The second-order valence-corrected chi connectivity index (χ2v) is 24.8. The van der Waals surface area contributed by atoms with Crippen molar-refractivity contribution in [1.29, 1.82) is 0 Å². The standard InChI is InChI=1S/C58H77F4N11O7S/c1-36(2)50(68(7)55(78)70-20-15-57(16-21-70)17-22-71(33-57)48(74)12-9-18-59)52(75)65-44-29-47-64-45(32-81-47)38-13-14-46-40(27-38)42(30-56(4,5)35-80-54(77)43-11-10-19-73(66-43)53(44)76)51(72(46)34-58(60,61)62)41-28-39(31-63-49(41)37(3)79-8)69-25-23-67(6)24-26-69/h9,12-14,27-28,31-32,36-37,43-44,50,66H,10-11,15-26,29-30,33-35H2,1-8H3,(H,65,75)/b12-9+/t37-,43-,44-,50-/m0/s1. The third kappa shape index (κ3) is 13.2. The number of carbonyl (C=O) groups is 5. The van der Waals surface area contributed by atoms with Crippen LogP contribution < -0.4 is 15.6 Å². The van der Waals surface area contributed by atoms with Gasteiger partial charge in [-0.05, 0) is 93.7 Å². The van der Waals surface area contributed by atoms with Crippen LogP contribution in [-0.4, -0.2) is 187 Å². The average Bonchev–Trinajstić information content (AvgIpc) is 4.34. The number of aromatic nitrogens is 3. The molecule has 0 radical (unpaired) electrons. The molecule has 4 fully saturated rings. The van der Waals surface area contributed by atoms with Crippen LogP contribution in [0.3, 0.4) is 0 Å². The molecular weight excluding hydrogens is 1070 g/mol. The van der Waals surface area contributed by atoms with Crippen molar-refractivity contribution in [2.24, 2.45) is 16.7 Å². The van der Waals surface area contributed by atoms with Crippen molar-refractivity contribution in [3.05, 3.63) is 64.3 Å². The molecule has 0 aliphatic carbocycles. The van der Waals surface area contributed by atoms with Gasteiger partial charge in [-0.3, -0.25) is 29.2 Å². The Bertz CT molecular complexity index is 3000. The number of piperidine rings is 1. The predicted octanol–water partition coefficient (Wildman–Crippen LogP) is 7.41. The van der Waals surface area contributed by atoms with Gasteiger partial charge in [-0.1, -0.05) is 33.8 Å². The number of thiazole rings is 1. The first-order valence-electron chi connectivity index (χ1n) is 28.2. The first kappa shape index (κ1) is 59.5. The highest BCUT2D eigenvalue weighted by Crippen LogP contribution is 2.45. The largest absolute Gasteiger partial charge is 0.464 e. The number of amides is 5. The van der Waals surface area contributed by atoms with E-state index in [4.69, 9.17) is 19.4 Å². The van der Waals surface area contributed by atoms with Gasteiger partial charge in [-0.15, -0.1) is 11.3 Å². The fourth-order valence-corrected chi connectivity index (χ4v) is 13.2. The van der Waals surface area contributed by atoms with E-state index < -0.39 is 72.7 Å². The maximum atomic E-state index is 15.1. The Kier molecular flexibility index (Phi) is 17.9. The predicted molar refractivity (Wildman–Crippen MR) is 301 cm³/mol. The molecule has 5 aliphatic heterocycles. The first-order chi connectivity index (χ1) is 38.5. The fourth-order valence-electron chi connectivity index (χ4n) is 12.3. The number of methoxy groups -OCH3 is 1. The lowest BCUT2D eigenvalue weighted by atomic mass is 9.78. The van der Waals surface area contributed by atoms with Crippen LogP contribution in [0.2, 0.25) is 0 Å². The van der Waals surface area contributed by atoms with Gasteiger partial charge in [-0.2, -0.15) is 13.2 Å². The number of urea groups is 1. The number of alkyl halides is 4. The summed E-state index contributed by atoms with van der Waals surface area (Å²) in [5.41, 5.74) is 6.24. The summed E-state index contributed by atoms with van der Waals surface area (Å²) in [5.74, 6) is -2.30. The van der Waals surface area contributed by atoms with E-state index in [2.05, 4.69) is 27.6 Å². The highest BCUT2D eigenvalue weighted by atomic mass is 32.1. The molecule has 8 heterocycles. The number of fused-ring (bicyclic) bond motifs is 6. The van der Waals surface area contributed by atoms with Gasteiger partial charge in [-0.25, -0.2) is 19.6 Å². The molecule has 0 unspecified atom stereocenters. The van der Waals surface area contributed by atoms with Crippen molar-refractivity contribution in [1.82, 2.24) is 49.9 Å². The number of cyclic esters (lactones) is 1. The minimum atomic E-state index is -4.63. The molecule has 9 rings (SSSR count). The Morgan fingerprint density at radius 2 is 1.73 bits per heavy atom. The number of likely N-dealkylation sites (N-methyl/N-ethyl adjacent to an activating group) is 2. The molecule has 4 saturated heterocycles. The summed E-state index contributed by atoms with van der Waals surface area (Å²) in [6.45, 7) is 12.3. The molecule has 1 aromatic carbocycles. The smallest absolute Gasteiger partial charge is 0.406 e. The number of nitrogens with one attached hydrogen (secondary N) is 2. The van der Waals surface area contributed by atoms with Crippen LogP contribution in [0.5, 0.6) is 0 Å². The molecule has 6 bridgehead atoms. The van der Waals surface area contributed by atoms with Gasteiger partial charge in [0.05, 0.1) is 46.7 Å². The molecule has 18 nitrogen and oxygen atoms in total. The Morgan fingerprint density at radius 1 is 1.01 bits per heavy atom. The number of benzene rings is 1. The number of allylic oxidation sites excluding steroid dienone is 1. The van der Waals surface area contributed by atoms with Gasteiger partial charge in [0.25, 0.3) is 5.91 Å². The van der Waals surface area contributed by atoms with Crippen LogP contribution in [-0.2, 0) is 48.0 Å². The monoisotopic (exact) mass is 1150 g/mol. The summed E-state index contributed by atoms with van der Waals surface area (Å²) in [6.07, 6.45) is 2.00. The van der Waals surface area contributed by atoms with Gasteiger partial charge in [0.2, 0.25) is 11.8 Å². The van der Waals surface area contributed by atoms with Crippen molar-refractivity contribution >= 4 is 57.6 Å². The number of hydrogen-bond donors (Lipinski definition) is 2. The Balaban J connectivity index is 1.06. The lowest BCUT2D eigenvalue weighted by Gasteiger charge is -2.42. The van der Waals surface area contributed by atoms with Crippen molar-refractivity contribution in [3.8, 4) is 22.5 Å². The number of carbonyl (C=O) groups excluding carboxylic acids is 5. The number of esters is 1. The zero-order valence-electron chi connectivity index (χ0n) is 47.7. The van der Waals surface area contributed by atoms with Gasteiger partial charge in [0, 0.05) is 118 Å². The van der Waals surface area contributed by atoms with Crippen LogP contribution in [0.25, 0.3) is 33.4 Å². The lowest BCUT2D eigenvalue weighted by Crippen LogP contribution is -2.62. The van der Waals surface area contributed by atoms with Crippen LogP contribution in [0.15, 0.2) is 48.0 Å². The van der Waals surface area contributed by atoms with E-state index in [0.717, 1.165) is 25.2 Å². The van der Waals surface area contributed by atoms with Crippen LogP contribution >= 0.6 is 11.3 Å². The summed E-state index contributed by atoms with van der Waals surface area (Å²) in [7, 11) is 5.17. The summed E-state index contributed by atoms with van der Waals surface area (Å²) in [6, 6.07) is 3.72. The maximum Gasteiger partial charge on any atom is 0.406 e. The number of likely N-dealkylation sites (tertiary alicyclic amines) is 2. The molecule has 440 valence electrons. The zero-order chi connectivity index (χ0) is 58.1. The van der Waals surface area contributed by atoms with Gasteiger partial charge >= 0.3 is 18.2 Å². The minimum Gasteiger partial charge on any atom is -0.464 e. The number of hydrogen-bond acceptors (Lipinski definition) is 13. The third-order valence-corrected chi connectivity index (χ3v) is 17.8. The van der Waals surface area contributed by atoms with E-state index in [9.17, 15) is 28.4 Å². The van der Waals surface area contributed by atoms with E-state index >= 15 is 13.2 Å². The fraction of sp³-hybridized carbons (Fsp3) is 0.603. The van der Waals surface area contributed by atoms with Crippen molar-refractivity contribution in [2.45, 2.75) is 117 Å². The number of ether oxygens (including phenoxy) is 2. The molecule has 23 heteroatoms. The number of nitrogens with zero attached hydrogens (tertiary/aromatic N) is 9. The van der Waals surface area contributed by atoms with Crippen LogP contribution in [0.1, 0.15) is 89.1 Å². The molecule has 4 aromatic rings. The van der Waals surface area contributed by atoms with E-state index in [1.807, 2.05) is 52.1 Å². The summed E-state index contributed by atoms with van der Waals surface area (Å²) >= 11 is 1.27. The highest BCUT2D eigenvalue weighted by Gasteiger charge is 2.45. The van der Waals surface area contributed by atoms with Gasteiger partial charge in [0.15, 0.2) is 0 Å². The van der Waals surface area contributed by atoms with Gasteiger partial charge < -0.3 is 43.9 Å². The summed E-state index contributed by atoms with van der Waals surface area (Å²) in [4.78, 5) is 89.9. The molecular formula is C58H77F4N11O7S. The van der Waals surface area contributed by atoms with Crippen molar-refractivity contribution < 1.29 is 51.0 Å². The Morgan fingerprint density at radius 3 is 2.41 bits per heavy atom. The quantitative estimate of drug-likeness (QED) is 0.0865. The van der Waals surface area contributed by atoms with Gasteiger partial charge in [0.1, 0.15) is 31.3 Å². The molecule has 4 atom stereocenters. The second kappa shape index (κ2) is 24.3. The minimum absolute atomic E-state index is 0.0623. The SMILES string of the molecule is CO[C@@H](C)c1ncc(N2CCN(C)CC2)cc1-c1c2c3cc(ccc3n1CC(F)(F)F)-c1csc(n1)C[C@H](NC(=O)[C@H](C(C)C)N(C)C(=O)N1CCC3(CCN(C(=O)/C=C/CF)C3)CC1)C(=O)N1CCC[C@H](N1)C(=O)OCC(C)(C)C2. The van der Waals surface area contributed by atoms with E-state index in [1.165, 1.54) is 38.0 Å². The van der Waals surface area contributed by atoms with E-state index in [-0.39, 0.29) is 43.3 Å². The Labute approximate surface area is 475 Å². The van der Waals surface area contributed by atoms with E-state index in [1.54, 1.807) is 42.3 Å². The normalized spacial score (nSPS) is 21.9. The summed E-state index contributed by atoms with van der Waals surface area (Å²) in [5, 5.41) is 7.20. The molecule has 5 aliphatic rings. The molecule has 1 spiro atoms. The number of piperazine rings is 1. The number of halogens is 4. The third-order valence-electron chi connectivity index (χ3n) is 16.9. The molecule has 5 amide bonds. The number of hydrazine groups is 1. The number of rotatable bonds is 11. The summed E-state index contributed by atoms with van der Waals surface area (Å²) < 4.78 is 71.3. The topological polar surface area (TPSA) is 178 Å². The van der Waals surface area contributed by atoms with Crippen molar-refractivity contribution in [3.63, 3.8) is 0 Å². The zero-order valence-corrected chi connectivity index (χ0v) is 48.6.